The molecule has 1 atom stereocenters. The molecule has 0 aliphatic heterocycles. The number of carbonyl (C=O) groups excluding carboxylic acids is 2. The summed E-state index contributed by atoms with van der Waals surface area (Å²) < 4.78 is 39.1. The van der Waals surface area contributed by atoms with Crippen LogP contribution in [0.25, 0.3) is 0 Å². The third-order valence-electron chi connectivity index (χ3n) is 4.25. The van der Waals surface area contributed by atoms with E-state index in [1.165, 1.54) is 18.2 Å². The number of nitrogens with zero attached hydrogens (tertiary/aromatic N) is 1. The van der Waals surface area contributed by atoms with Crippen LogP contribution in [0.2, 0.25) is 0 Å². The van der Waals surface area contributed by atoms with Crippen LogP contribution in [-0.2, 0) is 14.8 Å². The molecule has 9 heteroatoms. The second-order valence-corrected chi connectivity index (χ2v) is 8.35. The summed E-state index contributed by atoms with van der Waals surface area (Å²) in [6, 6.07) is 10.1. The lowest BCUT2D eigenvalue weighted by Gasteiger charge is -2.30. The summed E-state index contributed by atoms with van der Waals surface area (Å²) in [5.74, 6) is -1.54. The van der Waals surface area contributed by atoms with Crippen molar-refractivity contribution in [2.24, 2.45) is 0 Å². The van der Waals surface area contributed by atoms with Gasteiger partial charge in [-0.2, -0.15) is 0 Å². The molecule has 2 N–H and O–H groups in total. The number of nitrogens with one attached hydrogen (secondary N) is 2. The highest BCUT2D eigenvalue weighted by atomic mass is 32.2. The quantitative estimate of drug-likeness (QED) is 0.595. The van der Waals surface area contributed by atoms with E-state index in [2.05, 4.69) is 17.2 Å². The van der Waals surface area contributed by atoms with Crippen LogP contribution in [0.5, 0.6) is 0 Å². The number of benzene rings is 2. The number of carbonyl (C=O) groups is 2. The minimum atomic E-state index is -3.86. The summed E-state index contributed by atoms with van der Waals surface area (Å²) >= 11 is 0. The maximum absolute atomic E-state index is 13.3. The lowest BCUT2D eigenvalue weighted by atomic mass is 10.1. The first-order chi connectivity index (χ1) is 14.2. The van der Waals surface area contributed by atoms with Crippen LogP contribution in [0.4, 0.5) is 15.8 Å². The van der Waals surface area contributed by atoms with E-state index in [1.807, 2.05) is 0 Å². The van der Waals surface area contributed by atoms with Crippen molar-refractivity contribution < 1.29 is 22.4 Å². The molecule has 2 rings (SSSR count). The van der Waals surface area contributed by atoms with E-state index in [0.29, 0.717) is 0 Å². The zero-order valence-corrected chi connectivity index (χ0v) is 17.6. The number of hydrogen-bond donors (Lipinski definition) is 2. The van der Waals surface area contributed by atoms with Crippen LogP contribution in [-0.4, -0.2) is 39.1 Å². The van der Waals surface area contributed by atoms with Gasteiger partial charge in [-0.15, -0.1) is 6.58 Å². The highest BCUT2D eigenvalue weighted by Crippen LogP contribution is 2.24. The van der Waals surface area contributed by atoms with Crippen molar-refractivity contribution in [2.75, 3.05) is 22.4 Å². The number of sulfonamides is 1. The molecule has 0 unspecified atom stereocenters. The fourth-order valence-corrected chi connectivity index (χ4v) is 4.13. The second kappa shape index (κ2) is 10.0. The van der Waals surface area contributed by atoms with Crippen molar-refractivity contribution in [3.8, 4) is 0 Å². The monoisotopic (exact) mass is 433 g/mol. The Balaban J connectivity index is 2.37. The summed E-state index contributed by atoms with van der Waals surface area (Å²) in [5.41, 5.74) is 0.642. The van der Waals surface area contributed by atoms with Crippen LogP contribution in [0.15, 0.2) is 61.2 Å². The van der Waals surface area contributed by atoms with Crippen molar-refractivity contribution >= 4 is 33.2 Å². The summed E-state index contributed by atoms with van der Waals surface area (Å²) in [6.07, 6.45) is 2.66. The Morgan fingerprint density at radius 1 is 1.17 bits per heavy atom. The van der Waals surface area contributed by atoms with Crippen molar-refractivity contribution in [3.05, 3.63) is 72.6 Å². The average molecular weight is 434 g/mol. The molecule has 0 radical (unpaired) electrons. The molecular weight excluding hydrogens is 409 g/mol. The van der Waals surface area contributed by atoms with E-state index in [1.54, 1.807) is 31.2 Å². The lowest BCUT2D eigenvalue weighted by molar-refractivity contribution is -0.117. The molecule has 2 aromatic rings. The molecule has 2 aromatic carbocycles. The minimum absolute atomic E-state index is 0.154. The molecule has 0 bridgehead atoms. The zero-order valence-electron chi connectivity index (χ0n) is 16.8. The minimum Gasteiger partial charge on any atom is -0.349 e. The van der Waals surface area contributed by atoms with Crippen LogP contribution in [0.3, 0.4) is 0 Å². The SMILES string of the molecule is C=CCNC(=O)c1ccccc1NC(=O)[C@@H](CC)N(c1ccc(F)cc1)S(C)(=O)=O. The lowest BCUT2D eigenvalue weighted by Crippen LogP contribution is -2.47. The van der Waals surface area contributed by atoms with Crippen LogP contribution in [0.1, 0.15) is 23.7 Å². The summed E-state index contributed by atoms with van der Waals surface area (Å²) in [5, 5.41) is 5.28. The Morgan fingerprint density at radius 3 is 2.37 bits per heavy atom. The van der Waals surface area contributed by atoms with E-state index in [0.717, 1.165) is 22.7 Å². The van der Waals surface area contributed by atoms with Gasteiger partial charge in [0.25, 0.3) is 5.91 Å². The third kappa shape index (κ3) is 5.66. The van der Waals surface area contributed by atoms with Crippen molar-refractivity contribution in [2.45, 2.75) is 19.4 Å². The molecular formula is C21H24FN3O4S. The standard InChI is InChI=1S/C21H24FN3O4S/c1-4-14-23-20(26)17-8-6-7-9-18(17)24-21(27)19(5-2)25(30(3,28)29)16-12-10-15(22)11-13-16/h4,6-13,19H,1,5,14H2,2-3H3,(H,23,26)(H,24,27)/t19-/m1/s1. The van der Waals surface area contributed by atoms with Gasteiger partial charge in [-0.25, -0.2) is 12.8 Å². The normalized spacial score (nSPS) is 12.0. The highest BCUT2D eigenvalue weighted by molar-refractivity contribution is 7.92. The third-order valence-corrected chi connectivity index (χ3v) is 5.43. The first-order valence-corrected chi connectivity index (χ1v) is 11.1. The van der Waals surface area contributed by atoms with Gasteiger partial charge in [-0.3, -0.25) is 13.9 Å². The first-order valence-electron chi connectivity index (χ1n) is 9.23. The molecule has 7 nitrogen and oxygen atoms in total. The molecule has 0 spiro atoms. The van der Waals surface area contributed by atoms with Crippen molar-refractivity contribution in [1.29, 1.82) is 0 Å². The smallest absolute Gasteiger partial charge is 0.253 e. The Morgan fingerprint density at radius 2 is 1.80 bits per heavy atom. The molecule has 30 heavy (non-hydrogen) atoms. The predicted octanol–water partition coefficient (Wildman–Crippen LogP) is 2.92. The number of para-hydroxylation sites is 1. The molecule has 0 saturated carbocycles. The maximum Gasteiger partial charge on any atom is 0.253 e. The van der Waals surface area contributed by atoms with Gasteiger partial charge in [0, 0.05) is 6.54 Å². The van der Waals surface area contributed by atoms with Gasteiger partial charge >= 0.3 is 0 Å². The van der Waals surface area contributed by atoms with Crippen LogP contribution >= 0.6 is 0 Å². The van der Waals surface area contributed by atoms with Crippen molar-refractivity contribution in [3.63, 3.8) is 0 Å². The number of anilines is 2. The van der Waals surface area contributed by atoms with Crippen LogP contribution < -0.4 is 14.9 Å². The molecule has 0 heterocycles. The number of hydrogen-bond acceptors (Lipinski definition) is 4. The van der Waals surface area contributed by atoms with Gasteiger partial charge in [0.05, 0.1) is 23.2 Å². The van der Waals surface area contributed by atoms with E-state index in [9.17, 15) is 22.4 Å². The Labute approximate surface area is 175 Å². The fourth-order valence-electron chi connectivity index (χ4n) is 2.91. The van der Waals surface area contributed by atoms with Gasteiger partial charge < -0.3 is 10.6 Å². The highest BCUT2D eigenvalue weighted by Gasteiger charge is 2.32. The fraction of sp³-hybridized carbons (Fsp3) is 0.238. The van der Waals surface area contributed by atoms with Gasteiger partial charge in [0.2, 0.25) is 15.9 Å². The number of amides is 2. The molecule has 0 fully saturated rings. The topological polar surface area (TPSA) is 95.6 Å². The van der Waals surface area contributed by atoms with E-state index in [-0.39, 0.29) is 29.9 Å². The Kier molecular flexibility index (Phi) is 7.71. The molecule has 2 amide bonds. The molecule has 0 saturated heterocycles. The molecule has 160 valence electrons. The van der Waals surface area contributed by atoms with E-state index >= 15 is 0 Å². The van der Waals surface area contributed by atoms with Crippen molar-refractivity contribution in [1.82, 2.24) is 5.32 Å². The summed E-state index contributed by atoms with van der Waals surface area (Å²) in [6.45, 7) is 5.45. The van der Waals surface area contributed by atoms with E-state index < -0.39 is 33.7 Å². The largest absolute Gasteiger partial charge is 0.349 e. The first kappa shape index (κ1) is 23.1. The summed E-state index contributed by atoms with van der Waals surface area (Å²) in [4.78, 5) is 25.4. The van der Waals surface area contributed by atoms with Gasteiger partial charge in [0.1, 0.15) is 11.9 Å². The van der Waals surface area contributed by atoms with Crippen LogP contribution in [0, 0.1) is 5.82 Å². The number of halogens is 1. The van der Waals surface area contributed by atoms with E-state index in [4.69, 9.17) is 0 Å². The molecule has 0 aliphatic carbocycles. The molecule has 0 aliphatic rings. The molecule has 0 aromatic heterocycles. The van der Waals surface area contributed by atoms with Gasteiger partial charge in [-0.05, 0) is 42.8 Å². The Hall–Kier alpha value is -3.20. The maximum atomic E-state index is 13.3. The summed E-state index contributed by atoms with van der Waals surface area (Å²) in [7, 11) is -3.86. The zero-order chi connectivity index (χ0) is 22.3. The Bertz CT molecular complexity index is 1020. The predicted molar refractivity (Wildman–Crippen MR) is 115 cm³/mol. The number of rotatable bonds is 9. The van der Waals surface area contributed by atoms with Gasteiger partial charge in [0.15, 0.2) is 0 Å². The van der Waals surface area contributed by atoms with Gasteiger partial charge in [-0.1, -0.05) is 25.1 Å². The average Bonchev–Trinajstić information content (AvgIpc) is 2.70. The second-order valence-electron chi connectivity index (χ2n) is 6.49.